The van der Waals surface area contributed by atoms with Crippen molar-refractivity contribution in [2.24, 2.45) is 0 Å². The van der Waals surface area contributed by atoms with Gasteiger partial charge in [-0.05, 0) is 34.7 Å². The smallest absolute Gasteiger partial charge is 0.0541 e. The molecule has 0 saturated carbocycles. The van der Waals surface area contributed by atoms with E-state index in [9.17, 15) is 5.11 Å². The lowest BCUT2D eigenvalue weighted by Crippen LogP contribution is -2.03. The summed E-state index contributed by atoms with van der Waals surface area (Å²) in [6.45, 7) is 2.31. The molecule has 1 heteroatoms. The van der Waals surface area contributed by atoms with E-state index in [1.165, 1.54) is 27.8 Å². The van der Waals surface area contributed by atoms with Crippen molar-refractivity contribution in [3.63, 3.8) is 0 Å². The van der Waals surface area contributed by atoms with Crippen LogP contribution >= 0.6 is 0 Å². The van der Waals surface area contributed by atoms with Crippen LogP contribution in [0, 0.1) is 6.92 Å². The van der Waals surface area contributed by atoms with Crippen LogP contribution in [0.5, 0.6) is 0 Å². The van der Waals surface area contributed by atoms with E-state index in [-0.39, 0.29) is 12.5 Å². The van der Waals surface area contributed by atoms with Crippen molar-refractivity contribution in [1.29, 1.82) is 0 Å². The zero-order valence-corrected chi connectivity index (χ0v) is 9.27. The third kappa shape index (κ3) is 1.15. The van der Waals surface area contributed by atoms with Crippen LogP contribution in [0.3, 0.4) is 0 Å². The fourth-order valence-electron chi connectivity index (χ4n) is 2.77. The van der Waals surface area contributed by atoms with Crippen LogP contribution in [0.15, 0.2) is 42.5 Å². The normalized spacial score (nSPS) is 17.0. The van der Waals surface area contributed by atoms with Gasteiger partial charge in [-0.2, -0.15) is 0 Å². The maximum Gasteiger partial charge on any atom is 0.0541 e. The highest BCUT2D eigenvalue weighted by molar-refractivity contribution is 5.79. The SMILES string of the molecule is Cc1cccc2c1[C@H](CO)c1ccccc1-2. The Kier molecular flexibility index (Phi) is 2.08. The Labute approximate surface area is 95.4 Å². The summed E-state index contributed by atoms with van der Waals surface area (Å²) in [5.74, 6) is 0.160. The highest BCUT2D eigenvalue weighted by Gasteiger charge is 2.28. The van der Waals surface area contributed by atoms with Crippen LogP contribution in [-0.2, 0) is 0 Å². The predicted octanol–water partition coefficient (Wildman–Crippen LogP) is 3.10. The third-order valence-corrected chi connectivity index (χ3v) is 3.48. The zero-order valence-electron chi connectivity index (χ0n) is 9.27. The number of fused-ring (bicyclic) bond motifs is 3. The Balaban J connectivity index is 2.34. The molecule has 1 aliphatic carbocycles. The van der Waals surface area contributed by atoms with Crippen LogP contribution in [-0.4, -0.2) is 11.7 Å². The number of aryl methyl sites for hydroxylation is 1. The minimum Gasteiger partial charge on any atom is -0.395 e. The number of rotatable bonds is 1. The maximum atomic E-state index is 9.58. The highest BCUT2D eigenvalue weighted by atomic mass is 16.3. The molecule has 1 aliphatic rings. The molecule has 0 unspecified atom stereocenters. The molecule has 0 fully saturated rings. The van der Waals surface area contributed by atoms with Crippen molar-refractivity contribution >= 4 is 0 Å². The molecule has 0 bridgehead atoms. The van der Waals surface area contributed by atoms with Crippen molar-refractivity contribution < 1.29 is 5.11 Å². The molecule has 3 rings (SSSR count). The summed E-state index contributed by atoms with van der Waals surface area (Å²) < 4.78 is 0. The van der Waals surface area contributed by atoms with Gasteiger partial charge in [0.05, 0.1) is 6.61 Å². The summed E-state index contributed by atoms with van der Waals surface area (Å²) in [6.07, 6.45) is 0. The standard InChI is InChI=1S/C15H14O/c1-10-5-4-8-13-11-6-2-3-7-12(11)14(9-16)15(10)13/h2-8,14,16H,9H2,1H3/t14-/m1/s1. The number of aliphatic hydroxyl groups excluding tert-OH is 1. The van der Waals surface area contributed by atoms with Crippen molar-refractivity contribution in [2.75, 3.05) is 6.61 Å². The number of hydrogen-bond donors (Lipinski definition) is 1. The average Bonchev–Trinajstić information content (AvgIpc) is 2.65. The van der Waals surface area contributed by atoms with E-state index < -0.39 is 0 Å². The van der Waals surface area contributed by atoms with Crippen molar-refractivity contribution in [3.8, 4) is 11.1 Å². The molecular weight excluding hydrogens is 196 g/mol. The van der Waals surface area contributed by atoms with Gasteiger partial charge in [-0.1, -0.05) is 42.5 Å². The monoisotopic (exact) mass is 210 g/mol. The van der Waals surface area contributed by atoms with Crippen LogP contribution in [0.1, 0.15) is 22.6 Å². The van der Waals surface area contributed by atoms with Gasteiger partial charge < -0.3 is 5.11 Å². The first kappa shape index (κ1) is 9.61. The Morgan fingerprint density at radius 2 is 1.75 bits per heavy atom. The lowest BCUT2D eigenvalue weighted by molar-refractivity contribution is 0.282. The quantitative estimate of drug-likeness (QED) is 0.766. The molecule has 0 heterocycles. The molecule has 0 saturated heterocycles. The van der Waals surface area contributed by atoms with E-state index in [0.717, 1.165) is 0 Å². The molecule has 2 aromatic rings. The van der Waals surface area contributed by atoms with Gasteiger partial charge in [0.15, 0.2) is 0 Å². The van der Waals surface area contributed by atoms with Gasteiger partial charge in [0.2, 0.25) is 0 Å². The van der Waals surface area contributed by atoms with Crippen LogP contribution < -0.4 is 0 Å². The lowest BCUT2D eigenvalue weighted by Gasteiger charge is -2.11. The first-order chi connectivity index (χ1) is 7.83. The summed E-state index contributed by atoms with van der Waals surface area (Å²) in [4.78, 5) is 0. The fraction of sp³-hybridized carbons (Fsp3) is 0.200. The Morgan fingerprint density at radius 1 is 1.00 bits per heavy atom. The fourth-order valence-corrected chi connectivity index (χ4v) is 2.77. The van der Waals surface area contributed by atoms with Gasteiger partial charge in [0, 0.05) is 5.92 Å². The molecule has 1 N–H and O–H groups in total. The van der Waals surface area contributed by atoms with Crippen molar-refractivity contribution in [3.05, 3.63) is 59.2 Å². The summed E-state index contributed by atoms with van der Waals surface area (Å²) in [5, 5.41) is 9.58. The van der Waals surface area contributed by atoms with Gasteiger partial charge in [-0.3, -0.25) is 0 Å². The van der Waals surface area contributed by atoms with Crippen LogP contribution in [0.4, 0.5) is 0 Å². The minimum absolute atomic E-state index is 0.160. The third-order valence-electron chi connectivity index (χ3n) is 3.48. The second-order valence-electron chi connectivity index (χ2n) is 4.36. The first-order valence-electron chi connectivity index (χ1n) is 5.62. The van der Waals surface area contributed by atoms with E-state index in [1.54, 1.807) is 0 Å². The molecule has 0 aromatic heterocycles. The summed E-state index contributed by atoms with van der Waals surface area (Å²) in [5.41, 5.74) is 6.39. The maximum absolute atomic E-state index is 9.58. The van der Waals surface area contributed by atoms with E-state index in [2.05, 4.69) is 43.3 Å². The Hall–Kier alpha value is -1.60. The number of hydrogen-bond acceptors (Lipinski definition) is 1. The zero-order chi connectivity index (χ0) is 11.1. The molecule has 2 aromatic carbocycles. The van der Waals surface area contributed by atoms with Gasteiger partial charge in [0.25, 0.3) is 0 Å². The van der Waals surface area contributed by atoms with E-state index in [1.807, 2.05) is 6.07 Å². The Morgan fingerprint density at radius 3 is 2.56 bits per heavy atom. The van der Waals surface area contributed by atoms with Crippen LogP contribution in [0.2, 0.25) is 0 Å². The van der Waals surface area contributed by atoms with E-state index in [0.29, 0.717) is 0 Å². The molecule has 16 heavy (non-hydrogen) atoms. The molecular formula is C15H14O. The summed E-state index contributed by atoms with van der Waals surface area (Å²) in [7, 11) is 0. The molecule has 1 atom stereocenters. The van der Waals surface area contributed by atoms with E-state index in [4.69, 9.17) is 0 Å². The largest absolute Gasteiger partial charge is 0.395 e. The molecule has 80 valence electrons. The molecule has 1 nitrogen and oxygen atoms in total. The molecule has 0 spiro atoms. The molecule has 0 amide bonds. The first-order valence-corrected chi connectivity index (χ1v) is 5.62. The molecule has 0 aliphatic heterocycles. The lowest BCUT2D eigenvalue weighted by atomic mass is 9.94. The van der Waals surface area contributed by atoms with Gasteiger partial charge in [-0.25, -0.2) is 0 Å². The van der Waals surface area contributed by atoms with Gasteiger partial charge >= 0.3 is 0 Å². The molecule has 0 radical (unpaired) electrons. The predicted molar refractivity (Wildman–Crippen MR) is 65.5 cm³/mol. The second-order valence-corrected chi connectivity index (χ2v) is 4.36. The Bertz CT molecular complexity index is 543. The number of aliphatic hydroxyl groups is 1. The van der Waals surface area contributed by atoms with Crippen molar-refractivity contribution in [2.45, 2.75) is 12.8 Å². The van der Waals surface area contributed by atoms with Crippen molar-refractivity contribution in [1.82, 2.24) is 0 Å². The second kappa shape index (κ2) is 3.46. The number of benzene rings is 2. The van der Waals surface area contributed by atoms with Crippen LogP contribution in [0.25, 0.3) is 11.1 Å². The average molecular weight is 210 g/mol. The topological polar surface area (TPSA) is 20.2 Å². The highest BCUT2D eigenvalue weighted by Crippen LogP contribution is 2.45. The summed E-state index contributed by atoms with van der Waals surface area (Å²) in [6, 6.07) is 14.7. The van der Waals surface area contributed by atoms with Gasteiger partial charge in [-0.15, -0.1) is 0 Å². The van der Waals surface area contributed by atoms with E-state index >= 15 is 0 Å². The minimum atomic E-state index is 0.160. The summed E-state index contributed by atoms with van der Waals surface area (Å²) >= 11 is 0. The van der Waals surface area contributed by atoms with Gasteiger partial charge in [0.1, 0.15) is 0 Å².